The molecule has 2 heterocycles. The first-order valence-corrected chi connectivity index (χ1v) is 8.74. The molecule has 0 radical (unpaired) electrons. The van der Waals surface area contributed by atoms with Crippen molar-refractivity contribution in [1.82, 2.24) is 9.99 Å². The molecule has 0 aliphatic heterocycles. The molecule has 0 fully saturated rings. The highest BCUT2D eigenvalue weighted by Gasteiger charge is 2.14. The van der Waals surface area contributed by atoms with Crippen molar-refractivity contribution in [3.63, 3.8) is 0 Å². The number of ether oxygens (including phenoxy) is 1. The second-order valence-electron chi connectivity index (χ2n) is 5.99. The van der Waals surface area contributed by atoms with E-state index >= 15 is 0 Å². The van der Waals surface area contributed by atoms with Crippen LogP contribution in [0, 0.1) is 13.8 Å². The number of nitrogens with zero attached hydrogens (tertiary/aromatic N) is 2. The molecule has 0 aliphatic rings. The van der Waals surface area contributed by atoms with Crippen LogP contribution in [0.25, 0.3) is 5.69 Å². The zero-order valence-corrected chi connectivity index (χ0v) is 16.3. The quantitative estimate of drug-likeness (QED) is 0.400. The molecule has 1 amide bonds. The van der Waals surface area contributed by atoms with Crippen LogP contribution in [0.5, 0.6) is 0 Å². The molecule has 0 saturated carbocycles. The Labute approximate surface area is 166 Å². The maximum absolute atomic E-state index is 11.8. The average Bonchev–Trinajstić information content (AvgIpc) is 3.30. The van der Waals surface area contributed by atoms with Gasteiger partial charge in [-0.05, 0) is 50.2 Å². The zero-order chi connectivity index (χ0) is 20.3. The van der Waals surface area contributed by atoms with Crippen LogP contribution >= 0.6 is 11.6 Å². The number of aromatic nitrogens is 1. The van der Waals surface area contributed by atoms with E-state index in [1.807, 2.05) is 24.5 Å². The SMILES string of the molecule is COC(=O)c1ccc(-n2c(C)cc(/C=N\NC(=O)c3ccco3)c2C)cc1Cl. The first kappa shape index (κ1) is 19.4. The Bertz CT molecular complexity index is 1050. The number of carbonyl (C=O) groups excluding carboxylic acids is 2. The van der Waals surface area contributed by atoms with E-state index in [9.17, 15) is 9.59 Å². The summed E-state index contributed by atoms with van der Waals surface area (Å²) in [5, 5.41) is 4.29. The van der Waals surface area contributed by atoms with Crippen LogP contribution in [0.15, 0.2) is 52.2 Å². The number of benzene rings is 1. The van der Waals surface area contributed by atoms with Gasteiger partial charge in [-0.1, -0.05) is 11.6 Å². The van der Waals surface area contributed by atoms with Gasteiger partial charge in [0.2, 0.25) is 0 Å². The van der Waals surface area contributed by atoms with Gasteiger partial charge in [-0.15, -0.1) is 0 Å². The van der Waals surface area contributed by atoms with Crippen LogP contribution in [0.4, 0.5) is 0 Å². The van der Waals surface area contributed by atoms with Crippen LogP contribution < -0.4 is 5.43 Å². The molecule has 0 saturated heterocycles. The number of hydrazone groups is 1. The number of furan rings is 1. The minimum atomic E-state index is -0.488. The van der Waals surface area contributed by atoms with Gasteiger partial charge < -0.3 is 13.7 Å². The Kier molecular flexibility index (Phi) is 5.65. The van der Waals surface area contributed by atoms with Crippen molar-refractivity contribution >= 4 is 29.7 Å². The highest BCUT2D eigenvalue weighted by Crippen LogP contribution is 2.25. The second-order valence-corrected chi connectivity index (χ2v) is 6.40. The molecule has 0 spiro atoms. The molecule has 2 aromatic heterocycles. The number of methoxy groups -OCH3 is 1. The molecule has 1 N–H and O–H groups in total. The lowest BCUT2D eigenvalue weighted by atomic mass is 10.2. The molecule has 0 bridgehead atoms. The van der Waals surface area contributed by atoms with Gasteiger partial charge >= 0.3 is 11.9 Å². The normalized spacial score (nSPS) is 11.0. The van der Waals surface area contributed by atoms with Crippen molar-refractivity contribution in [2.45, 2.75) is 13.8 Å². The van der Waals surface area contributed by atoms with Crippen molar-refractivity contribution in [2.24, 2.45) is 5.10 Å². The number of carbonyl (C=O) groups is 2. The first-order valence-electron chi connectivity index (χ1n) is 8.36. The van der Waals surface area contributed by atoms with Gasteiger partial charge in [0.05, 0.1) is 30.2 Å². The summed E-state index contributed by atoms with van der Waals surface area (Å²) < 4.78 is 11.7. The Morgan fingerprint density at radius 2 is 2.04 bits per heavy atom. The van der Waals surface area contributed by atoms with Gasteiger partial charge in [-0.2, -0.15) is 5.10 Å². The molecule has 1 aromatic carbocycles. The molecule has 0 atom stereocenters. The molecular weight excluding hydrogens is 382 g/mol. The average molecular weight is 400 g/mol. The standard InChI is InChI=1S/C20H18ClN3O4/c1-12-9-14(11-22-23-19(25)18-5-4-8-28-18)13(2)24(12)15-6-7-16(17(21)10-15)20(26)27-3/h4-11H,1-3H3,(H,23,25)/b22-11-. The van der Waals surface area contributed by atoms with Crippen LogP contribution in [-0.2, 0) is 4.74 Å². The fraction of sp³-hybridized carbons (Fsp3) is 0.150. The summed E-state index contributed by atoms with van der Waals surface area (Å²) in [6.45, 7) is 3.86. The topological polar surface area (TPSA) is 85.8 Å². The van der Waals surface area contributed by atoms with Crippen LogP contribution in [0.1, 0.15) is 37.9 Å². The van der Waals surface area contributed by atoms with Crippen molar-refractivity contribution in [1.29, 1.82) is 0 Å². The molecular formula is C20H18ClN3O4. The van der Waals surface area contributed by atoms with E-state index < -0.39 is 11.9 Å². The molecule has 3 aromatic rings. The van der Waals surface area contributed by atoms with Crippen molar-refractivity contribution in [3.8, 4) is 5.69 Å². The lowest BCUT2D eigenvalue weighted by Crippen LogP contribution is -2.16. The van der Waals surface area contributed by atoms with Gasteiger partial charge in [0, 0.05) is 22.6 Å². The summed E-state index contributed by atoms with van der Waals surface area (Å²) in [4.78, 5) is 23.6. The fourth-order valence-electron chi connectivity index (χ4n) is 2.86. The number of hydrogen-bond acceptors (Lipinski definition) is 5. The van der Waals surface area contributed by atoms with Gasteiger partial charge in [-0.25, -0.2) is 10.2 Å². The Morgan fingerprint density at radius 3 is 2.68 bits per heavy atom. The Hall–Kier alpha value is -3.32. The molecule has 7 nitrogen and oxygen atoms in total. The predicted molar refractivity (Wildman–Crippen MR) is 105 cm³/mol. The van der Waals surface area contributed by atoms with Crippen LogP contribution in [0.3, 0.4) is 0 Å². The van der Waals surface area contributed by atoms with E-state index in [1.54, 1.807) is 36.5 Å². The van der Waals surface area contributed by atoms with Gasteiger partial charge in [0.1, 0.15) is 0 Å². The van der Waals surface area contributed by atoms with E-state index in [2.05, 4.69) is 10.5 Å². The van der Waals surface area contributed by atoms with Crippen molar-refractivity contribution in [2.75, 3.05) is 7.11 Å². The number of esters is 1. The van der Waals surface area contributed by atoms with E-state index in [1.165, 1.54) is 13.4 Å². The maximum Gasteiger partial charge on any atom is 0.339 e. The highest BCUT2D eigenvalue weighted by atomic mass is 35.5. The summed E-state index contributed by atoms with van der Waals surface area (Å²) >= 11 is 6.23. The van der Waals surface area contributed by atoms with Crippen molar-refractivity contribution < 1.29 is 18.7 Å². The summed E-state index contributed by atoms with van der Waals surface area (Å²) in [5.74, 6) is -0.735. The predicted octanol–water partition coefficient (Wildman–Crippen LogP) is 3.89. The summed E-state index contributed by atoms with van der Waals surface area (Å²) in [5.41, 5.74) is 6.19. The molecule has 3 rings (SSSR count). The number of amides is 1. The fourth-order valence-corrected chi connectivity index (χ4v) is 3.11. The molecule has 8 heteroatoms. The van der Waals surface area contributed by atoms with Gasteiger partial charge in [0.15, 0.2) is 5.76 Å². The minimum Gasteiger partial charge on any atom is -0.465 e. The van der Waals surface area contributed by atoms with E-state index in [-0.39, 0.29) is 5.76 Å². The summed E-state index contributed by atoms with van der Waals surface area (Å²) in [6.07, 6.45) is 2.98. The summed E-state index contributed by atoms with van der Waals surface area (Å²) in [6, 6.07) is 10.2. The number of aryl methyl sites for hydroxylation is 1. The first-order chi connectivity index (χ1) is 13.4. The van der Waals surface area contributed by atoms with Crippen LogP contribution in [-0.4, -0.2) is 29.8 Å². The number of nitrogens with one attached hydrogen (secondary N) is 1. The van der Waals surface area contributed by atoms with E-state index in [4.69, 9.17) is 20.8 Å². The smallest absolute Gasteiger partial charge is 0.339 e. The van der Waals surface area contributed by atoms with Crippen LogP contribution in [0.2, 0.25) is 5.02 Å². The molecule has 28 heavy (non-hydrogen) atoms. The number of hydrogen-bond donors (Lipinski definition) is 1. The highest BCUT2D eigenvalue weighted by molar-refractivity contribution is 6.33. The number of halogens is 1. The Morgan fingerprint density at radius 1 is 1.25 bits per heavy atom. The largest absolute Gasteiger partial charge is 0.465 e. The third kappa shape index (κ3) is 3.84. The van der Waals surface area contributed by atoms with Gasteiger partial charge in [0.25, 0.3) is 0 Å². The number of rotatable bonds is 5. The summed E-state index contributed by atoms with van der Waals surface area (Å²) in [7, 11) is 1.31. The van der Waals surface area contributed by atoms with Gasteiger partial charge in [-0.3, -0.25) is 4.79 Å². The Balaban J connectivity index is 1.84. The van der Waals surface area contributed by atoms with E-state index in [0.717, 1.165) is 22.6 Å². The third-order valence-electron chi connectivity index (χ3n) is 4.20. The monoisotopic (exact) mass is 399 g/mol. The lowest BCUT2D eigenvalue weighted by molar-refractivity contribution is 0.0601. The third-order valence-corrected chi connectivity index (χ3v) is 4.51. The van der Waals surface area contributed by atoms with Crippen molar-refractivity contribution in [3.05, 3.63) is 76.0 Å². The lowest BCUT2D eigenvalue weighted by Gasteiger charge is -2.11. The second kappa shape index (κ2) is 8.14. The molecule has 0 aliphatic carbocycles. The molecule has 144 valence electrons. The minimum absolute atomic E-state index is 0.183. The van der Waals surface area contributed by atoms with E-state index in [0.29, 0.717) is 10.6 Å². The zero-order valence-electron chi connectivity index (χ0n) is 15.5. The maximum atomic E-state index is 11.8. The molecule has 0 unspecified atom stereocenters.